The van der Waals surface area contributed by atoms with Crippen LogP contribution in [0.25, 0.3) is 0 Å². The molecule has 0 amide bonds. The molecule has 3 heterocycles. The van der Waals surface area contributed by atoms with Gasteiger partial charge in [0.1, 0.15) is 5.82 Å². The normalized spacial score (nSPS) is 19.5. The lowest BCUT2D eigenvalue weighted by molar-refractivity contribution is 0.359. The Kier molecular flexibility index (Phi) is 2.33. The molecule has 2 fully saturated rings. The quantitative estimate of drug-likeness (QED) is 0.840. The van der Waals surface area contributed by atoms with Crippen LogP contribution < -0.4 is 4.90 Å². The van der Waals surface area contributed by atoms with Crippen LogP contribution in [0.5, 0.6) is 0 Å². The third-order valence-electron chi connectivity index (χ3n) is 3.99. The number of rotatable bonds is 3. The maximum absolute atomic E-state index is 4.41. The van der Waals surface area contributed by atoms with E-state index in [1.165, 1.54) is 24.1 Å². The van der Waals surface area contributed by atoms with Gasteiger partial charge >= 0.3 is 0 Å². The first kappa shape index (κ1) is 11.0. The standard InChI is InChI=1S/C14H17N5/c1-10-4-5-15-14(6-10)18-7-12(8-18)19-9-13(16-17-19)11-2-3-11/h4-6,9,11-12H,2-3,7-8H2,1H3. The van der Waals surface area contributed by atoms with Crippen molar-refractivity contribution in [2.45, 2.75) is 31.7 Å². The van der Waals surface area contributed by atoms with Gasteiger partial charge in [-0.2, -0.15) is 0 Å². The summed E-state index contributed by atoms with van der Waals surface area (Å²) in [5.41, 5.74) is 2.43. The van der Waals surface area contributed by atoms with Gasteiger partial charge in [0.05, 0.1) is 11.7 Å². The van der Waals surface area contributed by atoms with Crippen LogP contribution in [-0.2, 0) is 0 Å². The van der Waals surface area contributed by atoms with Gasteiger partial charge in [0.2, 0.25) is 0 Å². The molecule has 0 bridgehead atoms. The molecule has 0 aromatic carbocycles. The Hall–Kier alpha value is -1.91. The molecule has 2 aromatic heterocycles. The second-order valence-electron chi connectivity index (χ2n) is 5.65. The minimum atomic E-state index is 0.447. The van der Waals surface area contributed by atoms with Gasteiger partial charge in [-0.1, -0.05) is 5.21 Å². The van der Waals surface area contributed by atoms with E-state index in [0.29, 0.717) is 12.0 Å². The van der Waals surface area contributed by atoms with E-state index in [-0.39, 0.29) is 0 Å². The van der Waals surface area contributed by atoms with E-state index in [2.05, 4.69) is 39.4 Å². The van der Waals surface area contributed by atoms with Gasteiger partial charge in [-0.3, -0.25) is 0 Å². The van der Waals surface area contributed by atoms with Crippen LogP contribution in [0.4, 0.5) is 5.82 Å². The molecule has 1 saturated carbocycles. The fraction of sp³-hybridized carbons (Fsp3) is 0.500. The number of aromatic nitrogens is 4. The number of nitrogens with zero attached hydrogens (tertiary/aromatic N) is 5. The van der Waals surface area contributed by atoms with Crippen LogP contribution in [0.2, 0.25) is 0 Å². The zero-order valence-corrected chi connectivity index (χ0v) is 11.0. The summed E-state index contributed by atoms with van der Waals surface area (Å²) >= 11 is 0. The Morgan fingerprint density at radius 3 is 2.84 bits per heavy atom. The summed E-state index contributed by atoms with van der Waals surface area (Å²) in [6.07, 6.45) is 6.56. The van der Waals surface area contributed by atoms with E-state index < -0.39 is 0 Å². The van der Waals surface area contributed by atoms with E-state index in [1.54, 1.807) is 0 Å². The van der Waals surface area contributed by atoms with E-state index >= 15 is 0 Å². The predicted octanol–water partition coefficient (Wildman–Crippen LogP) is 1.92. The molecule has 1 aliphatic heterocycles. The Balaban J connectivity index is 1.44. The van der Waals surface area contributed by atoms with Crippen molar-refractivity contribution >= 4 is 5.82 Å². The zero-order chi connectivity index (χ0) is 12.8. The molecule has 5 heteroatoms. The largest absolute Gasteiger partial charge is 0.352 e. The highest BCUT2D eigenvalue weighted by Crippen LogP contribution is 2.39. The molecule has 19 heavy (non-hydrogen) atoms. The van der Waals surface area contributed by atoms with Gasteiger partial charge in [0.15, 0.2) is 0 Å². The average Bonchev–Trinajstić information content (AvgIpc) is 3.08. The summed E-state index contributed by atoms with van der Waals surface area (Å²) < 4.78 is 2.03. The predicted molar refractivity (Wildman–Crippen MR) is 72.2 cm³/mol. The number of pyridine rings is 1. The van der Waals surface area contributed by atoms with Crippen LogP contribution >= 0.6 is 0 Å². The number of anilines is 1. The van der Waals surface area contributed by atoms with Crippen LogP contribution in [0.3, 0.4) is 0 Å². The van der Waals surface area contributed by atoms with E-state index in [9.17, 15) is 0 Å². The fourth-order valence-corrected chi connectivity index (χ4v) is 2.54. The minimum Gasteiger partial charge on any atom is -0.352 e. The summed E-state index contributed by atoms with van der Waals surface area (Å²) in [5.74, 6) is 1.75. The molecular weight excluding hydrogens is 238 g/mol. The molecule has 98 valence electrons. The van der Waals surface area contributed by atoms with Crippen molar-refractivity contribution in [3.8, 4) is 0 Å². The highest BCUT2D eigenvalue weighted by molar-refractivity contribution is 5.43. The van der Waals surface area contributed by atoms with Gasteiger partial charge in [0.25, 0.3) is 0 Å². The molecule has 1 saturated heterocycles. The van der Waals surface area contributed by atoms with Crippen molar-refractivity contribution in [2.24, 2.45) is 0 Å². The zero-order valence-electron chi connectivity index (χ0n) is 11.0. The third kappa shape index (κ3) is 1.99. The highest BCUT2D eigenvalue weighted by Gasteiger charge is 2.32. The second-order valence-corrected chi connectivity index (χ2v) is 5.65. The van der Waals surface area contributed by atoms with Gasteiger partial charge in [0, 0.05) is 31.4 Å². The molecular formula is C14H17N5. The van der Waals surface area contributed by atoms with Crippen molar-refractivity contribution in [3.05, 3.63) is 35.8 Å². The molecule has 2 aromatic rings. The molecule has 2 aliphatic rings. The molecule has 0 unspecified atom stereocenters. The monoisotopic (exact) mass is 255 g/mol. The lowest BCUT2D eigenvalue weighted by Gasteiger charge is -2.39. The maximum atomic E-state index is 4.41. The van der Waals surface area contributed by atoms with Crippen molar-refractivity contribution in [1.82, 2.24) is 20.0 Å². The van der Waals surface area contributed by atoms with Gasteiger partial charge < -0.3 is 4.90 Å². The van der Waals surface area contributed by atoms with E-state index in [4.69, 9.17) is 0 Å². The summed E-state index contributed by atoms with van der Waals surface area (Å²) in [4.78, 5) is 6.70. The second kappa shape index (κ2) is 4.05. The van der Waals surface area contributed by atoms with Crippen LogP contribution in [0.1, 0.15) is 36.1 Å². The Labute approximate surface area is 112 Å². The van der Waals surface area contributed by atoms with E-state index in [1.807, 2.05) is 16.9 Å². The third-order valence-corrected chi connectivity index (χ3v) is 3.99. The molecule has 1 aliphatic carbocycles. The number of hydrogen-bond acceptors (Lipinski definition) is 4. The lowest BCUT2D eigenvalue weighted by atomic mass is 10.1. The lowest BCUT2D eigenvalue weighted by Crippen LogP contribution is -2.48. The maximum Gasteiger partial charge on any atom is 0.128 e. The first-order valence-electron chi connectivity index (χ1n) is 6.89. The minimum absolute atomic E-state index is 0.447. The average molecular weight is 255 g/mol. The van der Waals surface area contributed by atoms with Crippen molar-refractivity contribution in [2.75, 3.05) is 18.0 Å². The number of hydrogen-bond donors (Lipinski definition) is 0. The summed E-state index contributed by atoms with van der Waals surface area (Å²) in [6.45, 7) is 4.05. The summed E-state index contributed by atoms with van der Waals surface area (Å²) in [5, 5.41) is 8.54. The number of aryl methyl sites for hydroxylation is 1. The van der Waals surface area contributed by atoms with Gasteiger partial charge in [-0.05, 0) is 37.5 Å². The molecule has 5 nitrogen and oxygen atoms in total. The Morgan fingerprint density at radius 1 is 1.26 bits per heavy atom. The smallest absolute Gasteiger partial charge is 0.128 e. The topological polar surface area (TPSA) is 46.8 Å². The fourth-order valence-electron chi connectivity index (χ4n) is 2.54. The van der Waals surface area contributed by atoms with Crippen molar-refractivity contribution in [1.29, 1.82) is 0 Å². The van der Waals surface area contributed by atoms with Crippen LogP contribution in [-0.4, -0.2) is 33.1 Å². The summed E-state index contributed by atoms with van der Waals surface area (Å²) in [7, 11) is 0. The van der Waals surface area contributed by atoms with Crippen LogP contribution in [0.15, 0.2) is 24.5 Å². The first-order chi connectivity index (χ1) is 9.29. The first-order valence-corrected chi connectivity index (χ1v) is 6.89. The molecule has 0 spiro atoms. The summed E-state index contributed by atoms with van der Waals surface area (Å²) in [6, 6.07) is 4.61. The van der Waals surface area contributed by atoms with Crippen LogP contribution in [0, 0.1) is 6.92 Å². The van der Waals surface area contributed by atoms with E-state index in [0.717, 1.165) is 18.9 Å². The van der Waals surface area contributed by atoms with Gasteiger partial charge in [-0.25, -0.2) is 9.67 Å². The Morgan fingerprint density at radius 2 is 2.11 bits per heavy atom. The molecule has 0 radical (unpaired) electrons. The Bertz CT molecular complexity index is 595. The molecule has 0 atom stereocenters. The SMILES string of the molecule is Cc1ccnc(N2CC(n3cc(C4CC4)nn3)C2)c1. The molecule has 0 N–H and O–H groups in total. The molecule has 4 rings (SSSR count). The highest BCUT2D eigenvalue weighted by atomic mass is 15.5. The van der Waals surface area contributed by atoms with Crippen molar-refractivity contribution in [3.63, 3.8) is 0 Å². The van der Waals surface area contributed by atoms with Crippen molar-refractivity contribution < 1.29 is 0 Å². The van der Waals surface area contributed by atoms with Gasteiger partial charge in [-0.15, -0.1) is 5.10 Å².